The van der Waals surface area contributed by atoms with E-state index in [1.807, 2.05) is 30.3 Å². The summed E-state index contributed by atoms with van der Waals surface area (Å²) in [5, 5.41) is 9.80. The smallest absolute Gasteiger partial charge is 0.234 e. The quantitative estimate of drug-likeness (QED) is 0.294. The molecule has 1 fully saturated rings. The second-order valence-corrected chi connectivity index (χ2v) is 12.3. The van der Waals surface area contributed by atoms with E-state index in [1.165, 1.54) is 15.4 Å². The second kappa shape index (κ2) is 11.1. The molecule has 1 aliphatic heterocycles. The van der Waals surface area contributed by atoms with Crippen LogP contribution in [-0.2, 0) is 16.4 Å². The maximum atomic E-state index is 13.4. The summed E-state index contributed by atoms with van der Waals surface area (Å²) in [6.07, 6.45) is 4.70. The molecule has 2 heterocycles. The zero-order valence-electron chi connectivity index (χ0n) is 22.0. The van der Waals surface area contributed by atoms with Crippen LogP contribution in [0.25, 0.3) is 10.9 Å². The summed E-state index contributed by atoms with van der Waals surface area (Å²) in [6, 6.07) is 28.7. The molecule has 0 bridgehead atoms. The molecule has 4 aromatic rings. The third-order valence-corrected chi connectivity index (χ3v) is 9.48. The van der Waals surface area contributed by atoms with E-state index in [0.29, 0.717) is 18.7 Å². The first kappa shape index (κ1) is 26.2. The maximum Gasteiger partial charge on any atom is 0.234 e. The van der Waals surface area contributed by atoms with Gasteiger partial charge in [0, 0.05) is 36.7 Å². The predicted octanol–water partition coefficient (Wildman–Crippen LogP) is 5.37. The summed E-state index contributed by atoms with van der Waals surface area (Å²) in [4.78, 5) is 2.15. The van der Waals surface area contributed by atoms with Crippen LogP contribution in [0.3, 0.4) is 0 Å². The number of aromatic nitrogens is 1. The highest BCUT2D eigenvalue weighted by Crippen LogP contribution is 2.36. The van der Waals surface area contributed by atoms with Crippen LogP contribution in [0, 0.1) is 11.3 Å². The number of sulfonamides is 1. The molecule has 0 N–H and O–H groups in total. The van der Waals surface area contributed by atoms with E-state index >= 15 is 0 Å². The summed E-state index contributed by atoms with van der Waals surface area (Å²) in [7, 11) is 0.353. The Morgan fingerprint density at radius 3 is 2.05 bits per heavy atom. The van der Waals surface area contributed by atoms with E-state index in [2.05, 4.69) is 84.4 Å². The first-order valence-electron chi connectivity index (χ1n) is 13.2. The molecule has 0 spiro atoms. The fourth-order valence-electron chi connectivity index (χ4n) is 5.45. The van der Waals surface area contributed by atoms with Gasteiger partial charge in [-0.3, -0.25) is 0 Å². The lowest BCUT2D eigenvalue weighted by Crippen LogP contribution is -2.32. The number of rotatable bonds is 9. The molecule has 0 radical (unpaired) electrons. The van der Waals surface area contributed by atoms with Crippen LogP contribution in [0.2, 0.25) is 0 Å². The Bertz CT molecular complexity index is 1490. The molecule has 1 atom stereocenters. The standard InChI is InChI=1S/C31H34N4O2S/c1-33(2)20-17-27-23-35(31(24-11-5-3-6-12-24)25-13-7-4-8-14-25)29-16-15-26(21-28(27)29)30(22-32)38(36,37)34-18-9-10-19-34/h3-8,11-16,21,23,30-31H,9-10,17-20H2,1-2H3. The van der Waals surface area contributed by atoms with Crippen molar-refractivity contribution in [3.05, 3.63) is 107 Å². The zero-order chi connectivity index (χ0) is 26.7. The Balaban J connectivity index is 1.67. The van der Waals surface area contributed by atoms with Crippen molar-refractivity contribution in [3.63, 3.8) is 0 Å². The second-order valence-electron chi connectivity index (χ2n) is 10.3. The molecule has 1 saturated heterocycles. The molecule has 0 saturated carbocycles. The van der Waals surface area contributed by atoms with Crippen LogP contribution < -0.4 is 0 Å². The third-order valence-electron chi connectivity index (χ3n) is 7.42. The highest BCUT2D eigenvalue weighted by Gasteiger charge is 2.35. The summed E-state index contributed by atoms with van der Waals surface area (Å²) < 4.78 is 30.5. The van der Waals surface area contributed by atoms with E-state index in [1.54, 1.807) is 0 Å². The van der Waals surface area contributed by atoms with E-state index in [9.17, 15) is 13.7 Å². The van der Waals surface area contributed by atoms with Gasteiger partial charge in [-0.15, -0.1) is 0 Å². The molecule has 1 aliphatic rings. The highest BCUT2D eigenvalue weighted by molar-refractivity contribution is 7.89. The van der Waals surface area contributed by atoms with Gasteiger partial charge in [0.25, 0.3) is 0 Å². The summed E-state index contributed by atoms with van der Waals surface area (Å²) in [5.74, 6) is 0. The lowest BCUT2D eigenvalue weighted by molar-refractivity contribution is 0.414. The minimum absolute atomic E-state index is 0.0426. The normalized spacial score (nSPS) is 15.3. The Kier molecular flexibility index (Phi) is 7.66. The average molecular weight is 527 g/mol. The van der Waals surface area contributed by atoms with Crippen molar-refractivity contribution in [1.82, 2.24) is 13.8 Å². The number of hydrogen-bond acceptors (Lipinski definition) is 4. The zero-order valence-corrected chi connectivity index (χ0v) is 22.8. The summed E-state index contributed by atoms with van der Waals surface area (Å²) in [6.45, 7) is 1.84. The van der Waals surface area contributed by atoms with Crippen LogP contribution in [0.4, 0.5) is 0 Å². The van der Waals surface area contributed by atoms with Gasteiger partial charge in [0.1, 0.15) is 0 Å². The number of fused-ring (bicyclic) bond motifs is 1. The molecule has 7 heteroatoms. The lowest BCUT2D eigenvalue weighted by Gasteiger charge is -2.22. The van der Waals surface area contributed by atoms with Crippen LogP contribution in [0.15, 0.2) is 85.1 Å². The van der Waals surface area contributed by atoms with Crippen LogP contribution in [0.1, 0.15) is 46.4 Å². The Labute approximate surface area is 225 Å². The van der Waals surface area contributed by atoms with Crippen LogP contribution in [0.5, 0.6) is 0 Å². The van der Waals surface area contributed by atoms with Gasteiger partial charge >= 0.3 is 0 Å². The molecular formula is C31H34N4O2S. The van der Waals surface area contributed by atoms with Gasteiger partial charge in [0.15, 0.2) is 5.25 Å². The van der Waals surface area contributed by atoms with E-state index in [-0.39, 0.29) is 6.04 Å². The van der Waals surface area contributed by atoms with Crippen LogP contribution in [-0.4, -0.2) is 55.9 Å². The first-order chi connectivity index (χ1) is 18.4. The molecule has 0 aliphatic carbocycles. The number of likely N-dealkylation sites (N-methyl/N-ethyl adjacent to an activating group) is 1. The van der Waals surface area contributed by atoms with Crippen molar-refractivity contribution in [2.24, 2.45) is 0 Å². The van der Waals surface area contributed by atoms with Crippen molar-refractivity contribution < 1.29 is 8.42 Å². The van der Waals surface area contributed by atoms with Gasteiger partial charge in [-0.05, 0) is 67.7 Å². The topological polar surface area (TPSA) is 69.3 Å². The molecule has 5 rings (SSSR count). The largest absolute Gasteiger partial charge is 0.336 e. The SMILES string of the molecule is CN(C)CCc1cn(C(c2ccccc2)c2ccccc2)c2ccc(C(C#N)S(=O)(=O)N3CCCC3)cc12. The lowest BCUT2D eigenvalue weighted by atomic mass is 9.98. The average Bonchev–Trinajstić information content (AvgIpc) is 3.59. The monoisotopic (exact) mass is 526 g/mol. The molecule has 6 nitrogen and oxygen atoms in total. The number of nitrogens with zero attached hydrogens (tertiary/aromatic N) is 4. The molecule has 38 heavy (non-hydrogen) atoms. The molecular weight excluding hydrogens is 492 g/mol. The summed E-state index contributed by atoms with van der Waals surface area (Å²) >= 11 is 0. The Morgan fingerprint density at radius 1 is 0.895 bits per heavy atom. The number of nitriles is 1. The van der Waals surface area contributed by atoms with Gasteiger partial charge < -0.3 is 9.47 Å². The van der Waals surface area contributed by atoms with Gasteiger partial charge in [-0.25, -0.2) is 12.7 Å². The Hall–Kier alpha value is -3.44. The fourth-order valence-corrected chi connectivity index (χ4v) is 7.14. The Morgan fingerprint density at radius 2 is 1.50 bits per heavy atom. The summed E-state index contributed by atoms with van der Waals surface area (Å²) in [5.41, 5.74) is 5.04. The minimum Gasteiger partial charge on any atom is -0.336 e. The van der Waals surface area contributed by atoms with Crippen molar-refractivity contribution in [1.29, 1.82) is 5.26 Å². The highest BCUT2D eigenvalue weighted by atomic mass is 32.2. The molecule has 196 valence electrons. The molecule has 0 amide bonds. The van der Waals surface area contributed by atoms with E-state index < -0.39 is 15.3 Å². The molecule has 1 aromatic heterocycles. The van der Waals surface area contributed by atoms with Crippen molar-refractivity contribution in [3.8, 4) is 6.07 Å². The predicted molar refractivity (Wildman–Crippen MR) is 152 cm³/mol. The van der Waals surface area contributed by atoms with Crippen LogP contribution >= 0.6 is 0 Å². The molecule has 1 unspecified atom stereocenters. The maximum absolute atomic E-state index is 13.4. The number of hydrogen-bond donors (Lipinski definition) is 0. The van der Waals surface area contributed by atoms with Crippen molar-refractivity contribution >= 4 is 20.9 Å². The van der Waals surface area contributed by atoms with E-state index in [0.717, 1.165) is 42.3 Å². The number of benzene rings is 3. The third kappa shape index (κ3) is 5.12. The van der Waals surface area contributed by atoms with Gasteiger partial charge in [-0.2, -0.15) is 5.26 Å². The molecule has 3 aromatic carbocycles. The van der Waals surface area contributed by atoms with Gasteiger partial charge in [-0.1, -0.05) is 66.7 Å². The van der Waals surface area contributed by atoms with Gasteiger partial charge in [0.2, 0.25) is 10.0 Å². The minimum atomic E-state index is -3.75. The fraction of sp³-hybridized carbons (Fsp3) is 0.323. The van der Waals surface area contributed by atoms with Gasteiger partial charge in [0.05, 0.1) is 12.1 Å². The van der Waals surface area contributed by atoms with Crippen molar-refractivity contribution in [2.45, 2.75) is 30.6 Å². The first-order valence-corrected chi connectivity index (χ1v) is 14.7. The van der Waals surface area contributed by atoms with E-state index in [4.69, 9.17) is 0 Å². The van der Waals surface area contributed by atoms with Crippen molar-refractivity contribution in [2.75, 3.05) is 33.7 Å².